The Bertz CT molecular complexity index is 456. The minimum absolute atomic E-state index is 0.193. The van der Waals surface area contributed by atoms with Crippen LogP contribution in [-0.2, 0) is 9.57 Å². The van der Waals surface area contributed by atoms with Crippen LogP contribution in [0.4, 0.5) is 13.2 Å². The molecule has 0 aliphatic carbocycles. The van der Waals surface area contributed by atoms with Crippen molar-refractivity contribution in [2.24, 2.45) is 0 Å². The number of benzene rings is 1. The summed E-state index contributed by atoms with van der Waals surface area (Å²) in [7, 11) is -9.14. The fourth-order valence-electron chi connectivity index (χ4n) is 1.23. The normalized spacial score (nSPS) is 12.8. The SMILES string of the molecule is O=S(=O)(O)[Si](CF)(CF)c1ccc(F)cc1. The van der Waals surface area contributed by atoms with Gasteiger partial charge in [-0.15, -0.1) is 0 Å². The van der Waals surface area contributed by atoms with Gasteiger partial charge < -0.3 is 0 Å². The number of hydrogen-bond donors (Lipinski definition) is 1. The molecule has 3 nitrogen and oxygen atoms in total. The minimum atomic E-state index is -4.83. The van der Waals surface area contributed by atoms with Gasteiger partial charge in [0, 0.05) is 0 Å². The summed E-state index contributed by atoms with van der Waals surface area (Å²) in [6.07, 6.45) is -2.98. The molecule has 0 spiro atoms. The Labute approximate surface area is 91.3 Å². The highest BCUT2D eigenvalue weighted by Crippen LogP contribution is 2.13. The van der Waals surface area contributed by atoms with Crippen LogP contribution in [0.15, 0.2) is 24.3 Å². The van der Waals surface area contributed by atoms with Gasteiger partial charge in [0.05, 0.1) is 0 Å². The summed E-state index contributed by atoms with van der Waals surface area (Å²) < 4.78 is 69.2. The Hall–Kier alpha value is -0.863. The average molecular weight is 270 g/mol. The Morgan fingerprint density at radius 3 is 1.88 bits per heavy atom. The topological polar surface area (TPSA) is 54.4 Å². The summed E-state index contributed by atoms with van der Waals surface area (Å²) in [5, 5.41) is -0.193. The van der Waals surface area contributed by atoms with Crippen molar-refractivity contribution in [1.29, 1.82) is 0 Å². The molecule has 1 rings (SSSR count). The first-order valence-electron chi connectivity index (χ1n) is 4.22. The second-order valence-electron chi connectivity index (χ2n) is 3.24. The molecule has 0 saturated heterocycles. The molecule has 1 aromatic carbocycles. The van der Waals surface area contributed by atoms with E-state index < -0.39 is 35.2 Å². The van der Waals surface area contributed by atoms with Gasteiger partial charge in [-0.05, 0) is 17.3 Å². The van der Waals surface area contributed by atoms with Crippen LogP contribution in [0, 0.1) is 5.82 Å². The summed E-state index contributed by atoms with van der Waals surface area (Å²) >= 11 is 0. The Morgan fingerprint density at radius 2 is 1.56 bits per heavy atom. The summed E-state index contributed by atoms with van der Waals surface area (Å²) in [5.41, 5.74) is 0. The fourth-order valence-corrected chi connectivity index (χ4v) is 5.09. The molecule has 0 amide bonds. The first-order valence-corrected chi connectivity index (χ1v) is 8.80. The zero-order valence-corrected chi connectivity index (χ0v) is 9.85. The molecule has 1 aromatic rings. The summed E-state index contributed by atoms with van der Waals surface area (Å²) in [5.74, 6) is -0.653. The van der Waals surface area contributed by atoms with Crippen molar-refractivity contribution in [2.75, 3.05) is 12.6 Å². The zero-order chi connectivity index (χ0) is 12.4. The van der Waals surface area contributed by atoms with Crippen LogP contribution in [0.5, 0.6) is 0 Å². The third-order valence-electron chi connectivity index (χ3n) is 2.30. The van der Waals surface area contributed by atoms with Crippen molar-refractivity contribution in [3.63, 3.8) is 0 Å². The molecule has 0 aliphatic rings. The van der Waals surface area contributed by atoms with Gasteiger partial charge in [0.1, 0.15) is 18.4 Å². The lowest BCUT2D eigenvalue weighted by molar-refractivity contribution is 0.487. The second-order valence-corrected chi connectivity index (χ2v) is 11.2. The maximum Gasteiger partial charge on any atom is 0.322 e. The van der Waals surface area contributed by atoms with Gasteiger partial charge in [-0.25, -0.2) is 12.8 Å². The molecule has 90 valence electrons. The first-order chi connectivity index (χ1) is 7.37. The molecule has 0 bridgehead atoms. The van der Waals surface area contributed by atoms with E-state index in [1.165, 1.54) is 0 Å². The Kier molecular flexibility index (Phi) is 3.76. The highest BCUT2D eigenvalue weighted by molar-refractivity contribution is 8.19. The van der Waals surface area contributed by atoms with Gasteiger partial charge in [-0.3, -0.25) is 13.3 Å². The van der Waals surface area contributed by atoms with Crippen molar-refractivity contribution < 1.29 is 26.1 Å². The quantitative estimate of drug-likeness (QED) is 0.653. The standard InChI is InChI=1S/C8H9F3O3SSi/c9-5-16(6-10,15(12,13)14)8-3-1-7(11)2-4-8/h1-4H,5-6H2,(H,12,13,14). The van der Waals surface area contributed by atoms with E-state index in [1.807, 2.05) is 0 Å². The smallest absolute Gasteiger partial charge is 0.291 e. The first kappa shape index (κ1) is 13.2. The van der Waals surface area contributed by atoms with Crippen LogP contribution < -0.4 is 5.19 Å². The van der Waals surface area contributed by atoms with E-state index in [0.29, 0.717) is 0 Å². The molecule has 8 heteroatoms. The van der Waals surface area contributed by atoms with Crippen molar-refractivity contribution in [2.45, 2.75) is 0 Å². The molecule has 0 unspecified atom stereocenters. The van der Waals surface area contributed by atoms with Gasteiger partial charge in [0.15, 0.2) is 0 Å². The predicted octanol–water partition coefficient (Wildman–Crippen LogP) is 0.883. The van der Waals surface area contributed by atoms with E-state index in [9.17, 15) is 21.6 Å². The number of hydrogen-bond acceptors (Lipinski definition) is 2. The van der Waals surface area contributed by atoms with Crippen LogP contribution in [0.3, 0.4) is 0 Å². The third kappa shape index (κ3) is 2.13. The molecular formula is C8H9F3O3SSi. The van der Waals surface area contributed by atoms with E-state index >= 15 is 0 Å². The van der Waals surface area contributed by atoms with Crippen LogP contribution >= 0.6 is 0 Å². The predicted molar refractivity (Wildman–Crippen MR) is 55.3 cm³/mol. The van der Waals surface area contributed by atoms with Crippen LogP contribution in [0.25, 0.3) is 0 Å². The van der Waals surface area contributed by atoms with Crippen LogP contribution in [-0.4, -0.2) is 32.8 Å². The maximum absolute atomic E-state index is 12.8. The molecule has 0 aromatic heterocycles. The summed E-state index contributed by atoms with van der Waals surface area (Å²) in [4.78, 5) is 0. The van der Waals surface area contributed by atoms with E-state index in [4.69, 9.17) is 4.55 Å². The molecule has 1 N–H and O–H groups in total. The van der Waals surface area contributed by atoms with E-state index in [-0.39, 0.29) is 5.19 Å². The minimum Gasteiger partial charge on any atom is -0.291 e. The largest absolute Gasteiger partial charge is 0.322 e. The van der Waals surface area contributed by atoms with Crippen LogP contribution in [0.2, 0.25) is 0 Å². The molecule has 0 saturated carbocycles. The zero-order valence-electron chi connectivity index (χ0n) is 8.03. The molecule has 0 aliphatic heterocycles. The lowest BCUT2D eigenvalue weighted by Gasteiger charge is -2.21. The van der Waals surface area contributed by atoms with Crippen molar-refractivity contribution in [3.05, 3.63) is 30.1 Å². The molecule has 0 atom stereocenters. The van der Waals surface area contributed by atoms with Gasteiger partial charge in [-0.2, -0.15) is 0 Å². The molecule has 0 radical (unpaired) electrons. The second kappa shape index (κ2) is 4.56. The van der Waals surface area contributed by atoms with Gasteiger partial charge >= 0.3 is 7.22 Å². The summed E-state index contributed by atoms with van der Waals surface area (Å²) in [6, 6.07) is 3.75. The Morgan fingerprint density at radius 1 is 1.12 bits per heavy atom. The lowest BCUT2D eigenvalue weighted by Crippen LogP contribution is -2.59. The lowest BCUT2D eigenvalue weighted by atomic mass is 10.3. The molecule has 16 heavy (non-hydrogen) atoms. The van der Waals surface area contributed by atoms with E-state index in [2.05, 4.69) is 0 Å². The van der Waals surface area contributed by atoms with Crippen molar-refractivity contribution >= 4 is 22.0 Å². The highest BCUT2D eigenvalue weighted by Gasteiger charge is 2.50. The number of halogens is 3. The van der Waals surface area contributed by atoms with Gasteiger partial charge in [0.2, 0.25) is 9.57 Å². The Balaban J connectivity index is 3.38. The number of alkyl halides is 2. The fraction of sp³-hybridized carbons (Fsp3) is 0.250. The van der Waals surface area contributed by atoms with Gasteiger partial charge in [0.25, 0.3) is 0 Å². The monoisotopic (exact) mass is 270 g/mol. The summed E-state index contributed by atoms with van der Waals surface area (Å²) in [6.45, 7) is 0. The molecule has 0 heterocycles. The average Bonchev–Trinajstić information content (AvgIpc) is 2.21. The maximum atomic E-state index is 12.8. The van der Waals surface area contributed by atoms with Crippen molar-refractivity contribution in [3.8, 4) is 0 Å². The van der Waals surface area contributed by atoms with E-state index in [1.54, 1.807) is 0 Å². The molecule has 0 fully saturated rings. The molecular weight excluding hydrogens is 261 g/mol. The highest BCUT2D eigenvalue weighted by atomic mass is 32.4. The van der Waals surface area contributed by atoms with Gasteiger partial charge in [-0.1, -0.05) is 12.1 Å². The third-order valence-corrected chi connectivity index (χ3v) is 9.86. The van der Waals surface area contributed by atoms with Crippen LogP contribution in [0.1, 0.15) is 0 Å². The number of rotatable bonds is 4. The van der Waals surface area contributed by atoms with E-state index in [0.717, 1.165) is 24.3 Å². The van der Waals surface area contributed by atoms with Crippen molar-refractivity contribution in [1.82, 2.24) is 0 Å².